The van der Waals surface area contributed by atoms with E-state index in [4.69, 9.17) is 16.3 Å². The number of nitrogens with zero attached hydrogens (tertiary/aromatic N) is 1. The molecular weight excluding hydrogens is 294 g/mol. The Bertz CT molecular complexity index is 573. The summed E-state index contributed by atoms with van der Waals surface area (Å²) in [5.41, 5.74) is 3.99. The second-order valence-electron chi connectivity index (χ2n) is 6.25. The third-order valence-corrected chi connectivity index (χ3v) is 4.89. The molecule has 1 fully saturated rings. The molecule has 1 atom stereocenters. The molecule has 0 amide bonds. The van der Waals surface area contributed by atoms with Gasteiger partial charge in [-0.3, -0.25) is 4.90 Å². The van der Waals surface area contributed by atoms with Crippen LogP contribution in [0.4, 0.5) is 0 Å². The number of allylic oxidation sites excluding steroid dienone is 3. The van der Waals surface area contributed by atoms with Crippen molar-refractivity contribution in [2.75, 3.05) is 32.8 Å². The van der Waals surface area contributed by atoms with Crippen molar-refractivity contribution in [2.24, 2.45) is 0 Å². The molecule has 3 rings (SSSR count). The largest absolute Gasteiger partial charge is 0.379 e. The van der Waals surface area contributed by atoms with Gasteiger partial charge in [0, 0.05) is 30.6 Å². The number of hydrogen-bond donors (Lipinski definition) is 0. The first-order valence-corrected chi connectivity index (χ1v) is 8.52. The fourth-order valence-corrected chi connectivity index (χ4v) is 3.58. The number of hydrogen-bond acceptors (Lipinski definition) is 2. The van der Waals surface area contributed by atoms with Crippen LogP contribution in [-0.4, -0.2) is 37.7 Å². The first-order chi connectivity index (χ1) is 10.7. The van der Waals surface area contributed by atoms with Gasteiger partial charge in [-0.25, -0.2) is 0 Å². The van der Waals surface area contributed by atoms with Crippen LogP contribution in [0.25, 0.3) is 0 Å². The summed E-state index contributed by atoms with van der Waals surface area (Å²) in [6, 6.07) is 6.40. The van der Waals surface area contributed by atoms with Gasteiger partial charge < -0.3 is 4.74 Å². The molecule has 1 aliphatic carbocycles. The summed E-state index contributed by atoms with van der Waals surface area (Å²) in [5.74, 6) is 0.415. The van der Waals surface area contributed by atoms with Gasteiger partial charge in [0.15, 0.2) is 0 Å². The molecule has 1 heterocycles. The Morgan fingerprint density at radius 2 is 2.09 bits per heavy atom. The van der Waals surface area contributed by atoms with Crippen molar-refractivity contribution in [1.82, 2.24) is 4.90 Å². The van der Waals surface area contributed by atoms with Gasteiger partial charge >= 0.3 is 0 Å². The highest BCUT2D eigenvalue weighted by atomic mass is 35.5. The molecule has 1 aromatic carbocycles. The van der Waals surface area contributed by atoms with Gasteiger partial charge in [-0.15, -0.1) is 0 Å². The Morgan fingerprint density at radius 1 is 1.27 bits per heavy atom. The molecule has 3 heteroatoms. The average Bonchev–Trinajstić information content (AvgIpc) is 2.54. The van der Waals surface area contributed by atoms with E-state index in [9.17, 15) is 0 Å². The number of ether oxygens (including phenoxy) is 1. The van der Waals surface area contributed by atoms with Crippen molar-refractivity contribution in [2.45, 2.75) is 25.7 Å². The third kappa shape index (κ3) is 4.01. The standard InChI is InChI=1S/C19H24ClNO/c1-15-5-6-18(19(20)13-15)17-4-2-3-16(14-17)7-8-21-9-11-22-12-10-21/h2-6,13,17H,7-12,14H2,1H3. The van der Waals surface area contributed by atoms with Gasteiger partial charge in [0.2, 0.25) is 0 Å². The summed E-state index contributed by atoms with van der Waals surface area (Å²) in [5, 5.41) is 0.893. The predicted octanol–water partition coefficient (Wildman–Crippen LogP) is 4.34. The van der Waals surface area contributed by atoms with Crippen LogP contribution in [0.2, 0.25) is 5.02 Å². The molecule has 2 aliphatic rings. The maximum atomic E-state index is 6.43. The number of halogens is 1. The van der Waals surface area contributed by atoms with E-state index < -0.39 is 0 Å². The molecule has 2 nitrogen and oxygen atoms in total. The number of rotatable bonds is 4. The molecule has 1 aromatic rings. The van der Waals surface area contributed by atoms with Gasteiger partial charge in [0.05, 0.1) is 13.2 Å². The predicted molar refractivity (Wildman–Crippen MR) is 92.6 cm³/mol. The second-order valence-corrected chi connectivity index (χ2v) is 6.66. The SMILES string of the molecule is Cc1ccc(C2C=CC=C(CCN3CCOCC3)C2)c(Cl)c1. The van der Waals surface area contributed by atoms with E-state index in [2.05, 4.69) is 48.3 Å². The van der Waals surface area contributed by atoms with Crippen molar-refractivity contribution in [3.05, 3.63) is 58.1 Å². The molecule has 0 radical (unpaired) electrons. The maximum Gasteiger partial charge on any atom is 0.0594 e. The smallest absolute Gasteiger partial charge is 0.0594 e. The molecule has 1 unspecified atom stereocenters. The lowest BCUT2D eigenvalue weighted by Gasteiger charge is -2.28. The average molecular weight is 318 g/mol. The summed E-state index contributed by atoms with van der Waals surface area (Å²) in [6.07, 6.45) is 8.97. The molecular formula is C19H24ClNO. The fraction of sp³-hybridized carbons (Fsp3) is 0.474. The Kier molecular flexibility index (Phi) is 5.35. The van der Waals surface area contributed by atoms with E-state index in [1.807, 2.05) is 0 Å². The van der Waals surface area contributed by atoms with Crippen LogP contribution in [-0.2, 0) is 4.74 Å². The molecule has 1 aliphatic heterocycles. The minimum absolute atomic E-state index is 0.415. The van der Waals surface area contributed by atoms with Crippen LogP contribution in [0.1, 0.15) is 29.9 Å². The lowest BCUT2D eigenvalue weighted by Crippen LogP contribution is -2.37. The molecule has 0 spiro atoms. The van der Waals surface area contributed by atoms with Crippen molar-refractivity contribution < 1.29 is 4.74 Å². The molecule has 1 saturated heterocycles. The zero-order chi connectivity index (χ0) is 15.4. The summed E-state index contributed by atoms with van der Waals surface area (Å²) in [6.45, 7) is 7.10. The van der Waals surface area contributed by atoms with Gasteiger partial charge in [-0.2, -0.15) is 0 Å². The first kappa shape index (κ1) is 15.8. The highest BCUT2D eigenvalue weighted by Crippen LogP contribution is 2.34. The molecule has 0 aromatic heterocycles. The lowest BCUT2D eigenvalue weighted by atomic mass is 9.86. The molecule has 0 bridgehead atoms. The Hall–Kier alpha value is -1.09. The van der Waals surface area contributed by atoms with Crippen LogP contribution in [0, 0.1) is 6.92 Å². The minimum atomic E-state index is 0.415. The highest BCUT2D eigenvalue weighted by molar-refractivity contribution is 6.31. The summed E-state index contributed by atoms with van der Waals surface area (Å²) >= 11 is 6.43. The maximum absolute atomic E-state index is 6.43. The van der Waals surface area contributed by atoms with Gasteiger partial charge in [-0.05, 0) is 37.0 Å². The fourth-order valence-electron chi connectivity index (χ4n) is 3.20. The molecule has 118 valence electrons. The highest BCUT2D eigenvalue weighted by Gasteiger charge is 2.17. The Labute approximate surface area is 138 Å². The third-order valence-electron chi connectivity index (χ3n) is 4.57. The normalized spacial score (nSPS) is 22.6. The van der Waals surface area contributed by atoms with E-state index >= 15 is 0 Å². The van der Waals surface area contributed by atoms with Gasteiger partial charge in [-0.1, -0.05) is 47.5 Å². The number of morpholine rings is 1. The van der Waals surface area contributed by atoms with Gasteiger partial charge in [0.1, 0.15) is 0 Å². The van der Waals surface area contributed by atoms with Crippen molar-refractivity contribution in [3.63, 3.8) is 0 Å². The van der Waals surface area contributed by atoms with Gasteiger partial charge in [0.25, 0.3) is 0 Å². The number of aryl methyl sites for hydroxylation is 1. The van der Waals surface area contributed by atoms with E-state index in [0.717, 1.165) is 50.7 Å². The number of benzene rings is 1. The first-order valence-electron chi connectivity index (χ1n) is 8.15. The summed E-state index contributed by atoms with van der Waals surface area (Å²) < 4.78 is 5.41. The zero-order valence-electron chi connectivity index (χ0n) is 13.2. The van der Waals surface area contributed by atoms with E-state index in [1.165, 1.54) is 16.7 Å². The van der Waals surface area contributed by atoms with Crippen LogP contribution >= 0.6 is 11.6 Å². The van der Waals surface area contributed by atoms with Crippen LogP contribution in [0.15, 0.2) is 42.0 Å². The summed E-state index contributed by atoms with van der Waals surface area (Å²) in [4.78, 5) is 2.50. The van der Waals surface area contributed by atoms with Crippen molar-refractivity contribution in [1.29, 1.82) is 0 Å². The van der Waals surface area contributed by atoms with E-state index in [-0.39, 0.29) is 0 Å². The molecule has 0 saturated carbocycles. The zero-order valence-corrected chi connectivity index (χ0v) is 14.0. The van der Waals surface area contributed by atoms with Crippen molar-refractivity contribution in [3.8, 4) is 0 Å². The summed E-state index contributed by atoms with van der Waals surface area (Å²) in [7, 11) is 0. The molecule has 0 N–H and O–H groups in total. The van der Waals surface area contributed by atoms with Crippen LogP contribution in [0.5, 0.6) is 0 Å². The topological polar surface area (TPSA) is 12.5 Å². The van der Waals surface area contributed by atoms with Crippen LogP contribution < -0.4 is 0 Å². The quantitative estimate of drug-likeness (QED) is 0.819. The van der Waals surface area contributed by atoms with E-state index in [0.29, 0.717) is 5.92 Å². The van der Waals surface area contributed by atoms with Crippen molar-refractivity contribution >= 4 is 11.6 Å². The lowest BCUT2D eigenvalue weighted by molar-refractivity contribution is 0.0383. The molecule has 22 heavy (non-hydrogen) atoms. The second kappa shape index (κ2) is 7.45. The van der Waals surface area contributed by atoms with Crippen LogP contribution in [0.3, 0.4) is 0 Å². The minimum Gasteiger partial charge on any atom is -0.379 e. The monoisotopic (exact) mass is 317 g/mol. The van der Waals surface area contributed by atoms with E-state index in [1.54, 1.807) is 0 Å². The Balaban J connectivity index is 1.59. The Morgan fingerprint density at radius 3 is 2.86 bits per heavy atom.